The normalized spacial score (nSPS) is 12.2. The average molecular weight is 223 g/mol. The highest BCUT2D eigenvalue weighted by Crippen LogP contribution is 2.25. The summed E-state index contributed by atoms with van der Waals surface area (Å²) in [5, 5.41) is 3.37. The highest BCUT2D eigenvalue weighted by atomic mass is 16.5. The van der Waals surface area contributed by atoms with Crippen molar-refractivity contribution in [2.24, 2.45) is 0 Å². The van der Waals surface area contributed by atoms with Crippen LogP contribution < -0.4 is 14.8 Å². The minimum Gasteiger partial charge on any atom is -0.493 e. The van der Waals surface area contributed by atoms with Crippen LogP contribution in [0.3, 0.4) is 0 Å². The minimum atomic E-state index is 0.398. The lowest BCUT2D eigenvalue weighted by Crippen LogP contribution is -2.33. The van der Waals surface area contributed by atoms with Crippen molar-refractivity contribution in [3.63, 3.8) is 0 Å². The molecule has 0 heterocycles. The lowest BCUT2D eigenvalue weighted by atomic mass is 10.2. The zero-order chi connectivity index (χ0) is 11.8. The molecule has 0 aromatic heterocycles. The molecular weight excluding hydrogens is 202 g/mol. The first-order valence-electron chi connectivity index (χ1n) is 5.81. The van der Waals surface area contributed by atoms with Crippen LogP contribution in [0.4, 0.5) is 0 Å². The van der Waals surface area contributed by atoms with Crippen LogP contribution in [0, 0.1) is 0 Å². The number of para-hydroxylation sites is 2. The Morgan fingerprint density at radius 3 is 2.44 bits per heavy atom. The second kappa shape index (κ2) is 7.12. The maximum absolute atomic E-state index is 5.75. The molecule has 1 unspecified atom stereocenters. The molecule has 3 nitrogen and oxygen atoms in total. The van der Waals surface area contributed by atoms with Gasteiger partial charge in [-0.15, -0.1) is 0 Å². The van der Waals surface area contributed by atoms with E-state index in [0.717, 1.165) is 24.5 Å². The highest BCUT2D eigenvalue weighted by Gasteiger charge is 2.07. The molecule has 1 atom stereocenters. The van der Waals surface area contributed by atoms with Gasteiger partial charge in [-0.25, -0.2) is 0 Å². The molecule has 0 saturated carbocycles. The van der Waals surface area contributed by atoms with Crippen LogP contribution in [0.25, 0.3) is 0 Å². The van der Waals surface area contributed by atoms with E-state index in [0.29, 0.717) is 12.6 Å². The van der Waals surface area contributed by atoms with E-state index >= 15 is 0 Å². The summed E-state index contributed by atoms with van der Waals surface area (Å²) in [6, 6.07) is 8.12. The number of ether oxygens (including phenoxy) is 2. The zero-order valence-electron chi connectivity index (χ0n) is 10.3. The fourth-order valence-corrected chi connectivity index (χ4v) is 1.54. The second-order valence-corrected chi connectivity index (χ2v) is 3.62. The summed E-state index contributed by atoms with van der Waals surface area (Å²) in [6.07, 6.45) is 1.06. The summed E-state index contributed by atoms with van der Waals surface area (Å²) >= 11 is 0. The van der Waals surface area contributed by atoms with Gasteiger partial charge in [0.05, 0.1) is 7.11 Å². The largest absolute Gasteiger partial charge is 0.493 e. The molecule has 0 fully saturated rings. The Morgan fingerprint density at radius 1 is 1.19 bits per heavy atom. The molecule has 90 valence electrons. The summed E-state index contributed by atoms with van der Waals surface area (Å²) in [4.78, 5) is 0. The van der Waals surface area contributed by atoms with Crippen molar-refractivity contribution in [1.82, 2.24) is 5.32 Å². The molecule has 1 N–H and O–H groups in total. The van der Waals surface area contributed by atoms with Crippen LogP contribution in [0.2, 0.25) is 0 Å². The number of hydrogen-bond acceptors (Lipinski definition) is 3. The van der Waals surface area contributed by atoms with Gasteiger partial charge in [-0.1, -0.05) is 26.0 Å². The number of nitrogens with one attached hydrogen (secondary N) is 1. The van der Waals surface area contributed by atoms with Gasteiger partial charge in [-0.2, -0.15) is 0 Å². The van der Waals surface area contributed by atoms with Crippen LogP contribution >= 0.6 is 0 Å². The molecule has 1 aromatic carbocycles. The smallest absolute Gasteiger partial charge is 0.161 e. The Morgan fingerprint density at radius 2 is 1.88 bits per heavy atom. The molecule has 0 aliphatic carbocycles. The maximum Gasteiger partial charge on any atom is 0.161 e. The molecule has 0 bridgehead atoms. The molecule has 1 rings (SSSR count). The van der Waals surface area contributed by atoms with Crippen LogP contribution in [0.1, 0.15) is 20.3 Å². The van der Waals surface area contributed by atoms with E-state index in [1.54, 1.807) is 7.11 Å². The van der Waals surface area contributed by atoms with E-state index in [4.69, 9.17) is 9.47 Å². The topological polar surface area (TPSA) is 30.5 Å². The van der Waals surface area contributed by atoms with Crippen molar-refractivity contribution < 1.29 is 9.47 Å². The third kappa shape index (κ3) is 3.74. The van der Waals surface area contributed by atoms with Crippen molar-refractivity contribution in [3.05, 3.63) is 24.3 Å². The summed E-state index contributed by atoms with van der Waals surface area (Å²) in [5.74, 6) is 1.59. The lowest BCUT2D eigenvalue weighted by molar-refractivity contribution is 0.250. The third-order valence-corrected chi connectivity index (χ3v) is 2.49. The Balaban J connectivity index is 2.52. The molecule has 0 saturated heterocycles. The van der Waals surface area contributed by atoms with Crippen LogP contribution in [0.5, 0.6) is 11.5 Å². The van der Waals surface area contributed by atoms with Gasteiger partial charge >= 0.3 is 0 Å². The third-order valence-electron chi connectivity index (χ3n) is 2.49. The molecule has 0 aliphatic heterocycles. The van der Waals surface area contributed by atoms with E-state index in [9.17, 15) is 0 Å². The Bertz CT molecular complexity index is 302. The molecule has 16 heavy (non-hydrogen) atoms. The van der Waals surface area contributed by atoms with E-state index in [-0.39, 0.29) is 0 Å². The molecule has 0 radical (unpaired) electrons. The highest BCUT2D eigenvalue weighted by molar-refractivity contribution is 5.39. The van der Waals surface area contributed by atoms with E-state index in [2.05, 4.69) is 19.2 Å². The molecule has 3 heteroatoms. The fraction of sp³-hybridized carbons (Fsp3) is 0.538. The predicted molar refractivity (Wildman–Crippen MR) is 66.2 cm³/mol. The van der Waals surface area contributed by atoms with Gasteiger partial charge in [-0.3, -0.25) is 0 Å². The van der Waals surface area contributed by atoms with Crippen LogP contribution in [-0.4, -0.2) is 26.3 Å². The summed E-state index contributed by atoms with van der Waals surface area (Å²) in [6.45, 7) is 5.89. The van der Waals surface area contributed by atoms with E-state index < -0.39 is 0 Å². The maximum atomic E-state index is 5.75. The minimum absolute atomic E-state index is 0.398. The van der Waals surface area contributed by atoms with Gasteiger partial charge in [0.15, 0.2) is 11.5 Å². The first-order valence-corrected chi connectivity index (χ1v) is 5.81. The quantitative estimate of drug-likeness (QED) is 0.770. The molecule has 1 aromatic rings. The summed E-state index contributed by atoms with van der Waals surface area (Å²) in [7, 11) is 1.66. The van der Waals surface area contributed by atoms with Gasteiger partial charge in [0, 0.05) is 6.04 Å². The van der Waals surface area contributed by atoms with Gasteiger partial charge in [0.2, 0.25) is 0 Å². The van der Waals surface area contributed by atoms with E-state index in [1.165, 1.54) is 0 Å². The van der Waals surface area contributed by atoms with Crippen molar-refractivity contribution in [2.75, 3.05) is 20.3 Å². The molecule has 0 amide bonds. The second-order valence-electron chi connectivity index (χ2n) is 3.62. The summed E-state index contributed by atoms with van der Waals surface area (Å²) < 4.78 is 11.0. The molecule has 0 spiro atoms. The standard InChI is InChI=1S/C13H21NO2/c1-4-11(14-5-2)10-16-13-9-7-6-8-12(13)15-3/h6-9,11,14H,4-5,10H2,1-3H3. The Kier molecular flexibility index (Phi) is 5.72. The van der Waals surface area contributed by atoms with Gasteiger partial charge in [0.1, 0.15) is 6.61 Å². The SMILES string of the molecule is CCNC(CC)COc1ccccc1OC. The number of rotatable bonds is 7. The number of methoxy groups -OCH3 is 1. The number of benzene rings is 1. The van der Waals surface area contributed by atoms with Gasteiger partial charge in [-0.05, 0) is 25.1 Å². The van der Waals surface area contributed by atoms with Gasteiger partial charge in [0.25, 0.3) is 0 Å². The van der Waals surface area contributed by atoms with Crippen LogP contribution in [-0.2, 0) is 0 Å². The Hall–Kier alpha value is -1.22. The van der Waals surface area contributed by atoms with Gasteiger partial charge < -0.3 is 14.8 Å². The number of hydrogen-bond donors (Lipinski definition) is 1. The van der Waals surface area contributed by atoms with E-state index in [1.807, 2.05) is 24.3 Å². The number of likely N-dealkylation sites (N-methyl/N-ethyl adjacent to an activating group) is 1. The first kappa shape index (κ1) is 12.8. The Labute approximate surface area is 97.8 Å². The zero-order valence-corrected chi connectivity index (χ0v) is 10.3. The predicted octanol–water partition coefficient (Wildman–Crippen LogP) is 2.46. The fourth-order valence-electron chi connectivity index (χ4n) is 1.54. The molecular formula is C13H21NO2. The van der Waals surface area contributed by atoms with Crippen molar-refractivity contribution in [1.29, 1.82) is 0 Å². The van der Waals surface area contributed by atoms with Crippen molar-refractivity contribution >= 4 is 0 Å². The lowest BCUT2D eigenvalue weighted by Gasteiger charge is -2.17. The first-order chi connectivity index (χ1) is 7.81. The molecule has 0 aliphatic rings. The van der Waals surface area contributed by atoms with Crippen molar-refractivity contribution in [3.8, 4) is 11.5 Å². The summed E-state index contributed by atoms with van der Waals surface area (Å²) in [5.41, 5.74) is 0. The monoisotopic (exact) mass is 223 g/mol. The van der Waals surface area contributed by atoms with Crippen LogP contribution in [0.15, 0.2) is 24.3 Å². The van der Waals surface area contributed by atoms with Crippen molar-refractivity contribution in [2.45, 2.75) is 26.3 Å². The average Bonchev–Trinajstić information content (AvgIpc) is 2.34.